The second kappa shape index (κ2) is 8.88. The molecule has 0 saturated heterocycles. The second-order valence-corrected chi connectivity index (χ2v) is 7.99. The zero-order chi connectivity index (χ0) is 21.9. The summed E-state index contributed by atoms with van der Waals surface area (Å²) in [5.41, 5.74) is 1.98. The van der Waals surface area contributed by atoms with Crippen molar-refractivity contribution in [3.8, 4) is 16.9 Å². The Balaban J connectivity index is 2.15. The van der Waals surface area contributed by atoms with Crippen molar-refractivity contribution in [2.24, 2.45) is 0 Å². The van der Waals surface area contributed by atoms with Crippen molar-refractivity contribution < 1.29 is 27.4 Å². The fourth-order valence-corrected chi connectivity index (χ4v) is 4.21. The Morgan fingerprint density at radius 3 is 2.33 bits per heavy atom. The van der Waals surface area contributed by atoms with Crippen LogP contribution in [0.3, 0.4) is 0 Å². The van der Waals surface area contributed by atoms with E-state index >= 15 is 0 Å². The van der Waals surface area contributed by atoms with Gasteiger partial charge in [-0.3, -0.25) is 4.79 Å². The molecule has 7 heteroatoms. The van der Waals surface area contributed by atoms with Gasteiger partial charge in [0, 0.05) is 5.56 Å². The lowest BCUT2D eigenvalue weighted by molar-refractivity contribution is -0.153. The Labute approximate surface area is 179 Å². The molecular weight excluding hydrogens is 417 g/mol. The van der Waals surface area contributed by atoms with Gasteiger partial charge >= 0.3 is 12.1 Å². The van der Waals surface area contributed by atoms with Crippen molar-refractivity contribution in [1.29, 1.82) is 0 Å². The summed E-state index contributed by atoms with van der Waals surface area (Å²) in [7, 11) is 0. The molecule has 0 atom stereocenters. The van der Waals surface area contributed by atoms with Gasteiger partial charge in [0.15, 0.2) is 6.61 Å². The number of esters is 1. The van der Waals surface area contributed by atoms with Gasteiger partial charge in [0.05, 0.1) is 17.0 Å². The van der Waals surface area contributed by atoms with Gasteiger partial charge in [-0.15, -0.1) is 0 Å². The lowest BCUT2D eigenvalue weighted by atomic mass is 9.77. The minimum absolute atomic E-state index is 0.0855. The summed E-state index contributed by atoms with van der Waals surface area (Å²) in [6.45, 7) is 2.44. The van der Waals surface area contributed by atoms with Gasteiger partial charge in [-0.05, 0) is 49.9 Å². The number of halogens is 4. The number of hydrogen-bond donors (Lipinski definition) is 0. The molecule has 3 rings (SSSR count). The first-order chi connectivity index (χ1) is 14.2. The Bertz CT molecular complexity index is 901. The molecule has 0 N–H and O–H groups in total. The topological polar surface area (TPSA) is 35.5 Å². The minimum atomic E-state index is -4.50. The SMILES string of the molecule is CCOC(=O)C1(c2cc(OCC(F)(F)F)c(Cl)c(-c3ccc(C)cc3)c2)CCCC1. The number of aryl methyl sites for hydroxylation is 1. The number of hydrogen-bond acceptors (Lipinski definition) is 3. The molecule has 0 spiro atoms. The molecule has 0 radical (unpaired) electrons. The van der Waals surface area contributed by atoms with Crippen LogP contribution < -0.4 is 4.74 Å². The van der Waals surface area contributed by atoms with Gasteiger partial charge in [-0.25, -0.2) is 0 Å². The van der Waals surface area contributed by atoms with E-state index in [1.165, 1.54) is 6.07 Å². The van der Waals surface area contributed by atoms with Gasteiger partial charge in [0.1, 0.15) is 5.75 Å². The van der Waals surface area contributed by atoms with Crippen LogP contribution in [0.5, 0.6) is 5.75 Å². The molecule has 1 saturated carbocycles. The molecule has 30 heavy (non-hydrogen) atoms. The van der Waals surface area contributed by atoms with Crippen LogP contribution in [0, 0.1) is 6.92 Å². The third-order valence-corrected chi connectivity index (χ3v) is 5.86. The lowest BCUT2D eigenvalue weighted by Crippen LogP contribution is -2.35. The van der Waals surface area contributed by atoms with Crippen LogP contribution in [0.4, 0.5) is 13.2 Å². The smallest absolute Gasteiger partial charge is 0.422 e. The van der Waals surface area contributed by atoms with E-state index < -0.39 is 18.2 Å². The number of benzene rings is 2. The molecule has 2 aromatic carbocycles. The van der Waals surface area contributed by atoms with Crippen LogP contribution >= 0.6 is 11.6 Å². The zero-order valence-corrected chi connectivity index (χ0v) is 17.7. The number of alkyl halides is 3. The highest BCUT2D eigenvalue weighted by Crippen LogP contribution is 2.47. The van der Waals surface area contributed by atoms with E-state index in [0.717, 1.165) is 24.0 Å². The van der Waals surface area contributed by atoms with E-state index in [9.17, 15) is 18.0 Å². The number of rotatable bonds is 6. The molecule has 0 bridgehead atoms. The van der Waals surface area contributed by atoms with Crippen molar-refractivity contribution in [2.75, 3.05) is 13.2 Å². The van der Waals surface area contributed by atoms with E-state index in [1.54, 1.807) is 13.0 Å². The Hall–Kier alpha value is -2.21. The molecule has 0 unspecified atom stereocenters. The monoisotopic (exact) mass is 440 g/mol. The predicted molar refractivity (Wildman–Crippen MR) is 110 cm³/mol. The number of ether oxygens (including phenoxy) is 2. The normalized spacial score (nSPS) is 15.8. The minimum Gasteiger partial charge on any atom is -0.483 e. The van der Waals surface area contributed by atoms with Crippen LogP contribution in [0.25, 0.3) is 11.1 Å². The van der Waals surface area contributed by atoms with E-state index in [0.29, 0.717) is 24.0 Å². The van der Waals surface area contributed by atoms with Gasteiger partial charge in [0.25, 0.3) is 0 Å². The van der Waals surface area contributed by atoms with E-state index in [2.05, 4.69) is 0 Å². The average molecular weight is 441 g/mol. The first-order valence-corrected chi connectivity index (χ1v) is 10.3. The standard InChI is InChI=1S/C23H24ClF3O3/c1-3-29-21(28)22(10-4-5-11-22)17-12-18(16-8-6-15(2)7-9-16)20(24)19(13-17)30-14-23(25,26)27/h6-9,12-13H,3-5,10-11,14H2,1-2H3. The summed E-state index contributed by atoms with van der Waals surface area (Å²) >= 11 is 6.47. The molecule has 0 amide bonds. The summed E-state index contributed by atoms with van der Waals surface area (Å²) in [5.74, 6) is -0.445. The molecule has 162 valence electrons. The summed E-state index contributed by atoms with van der Waals surface area (Å²) in [4.78, 5) is 12.9. The molecule has 0 aliphatic heterocycles. The highest BCUT2D eigenvalue weighted by molar-refractivity contribution is 6.34. The molecule has 1 aliphatic carbocycles. The molecule has 0 aromatic heterocycles. The fraction of sp³-hybridized carbons (Fsp3) is 0.435. The number of carbonyl (C=O) groups excluding carboxylic acids is 1. The molecule has 1 aliphatic rings. The quantitative estimate of drug-likeness (QED) is 0.473. The van der Waals surface area contributed by atoms with Gasteiger partial charge in [-0.2, -0.15) is 13.2 Å². The fourth-order valence-electron chi connectivity index (χ4n) is 3.94. The van der Waals surface area contributed by atoms with Crippen LogP contribution in [0.2, 0.25) is 5.02 Å². The third kappa shape index (κ3) is 4.75. The highest BCUT2D eigenvalue weighted by atomic mass is 35.5. The van der Waals surface area contributed by atoms with Crippen molar-refractivity contribution in [3.63, 3.8) is 0 Å². The van der Waals surface area contributed by atoms with Gasteiger partial charge in [-0.1, -0.05) is 54.3 Å². The molecular formula is C23H24ClF3O3. The number of carbonyl (C=O) groups is 1. The first kappa shape index (κ1) is 22.5. The second-order valence-electron chi connectivity index (χ2n) is 7.62. The van der Waals surface area contributed by atoms with Gasteiger partial charge < -0.3 is 9.47 Å². The molecule has 2 aromatic rings. The maximum atomic E-state index is 12.9. The highest BCUT2D eigenvalue weighted by Gasteiger charge is 2.45. The van der Waals surface area contributed by atoms with Crippen LogP contribution in [0.15, 0.2) is 36.4 Å². The Morgan fingerprint density at radius 2 is 1.77 bits per heavy atom. The van der Waals surface area contributed by atoms with E-state index in [1.807, 2.05) is 31.2 Å². The van der Waals surface area contributed by atoms with Crippen molar-refractivity contribution in [2.45, 2.75) is 51.1 Å². The van der Waals surface area contributed by atoms with Crippen LogP contribution in [-0.2, 0) is 14.9 Å². The zero-order valence-electron chi connectivity index (χ0n) is 16.9. The largest absolute Gasteiger partial charge is 0.483 e. The summed E-state index contributed by atoms with van der Waals surface area (Å²) in [6, 6.07) is 10.7. The van der Waals surface area contributed by atoms with Crippen LogP contribution in [-0.4, -0.2) is 25.4 Å². The molecule has 3 nitrogen and oxygen atoms in total. The summed E-state index contributed by atoms with van der Waals surface area (Å²) in [5, 5.41) is 0.0869. The lowest BCUT2D eigenvalue weighted by Gasteiger charge is -2.28. The Morgan fingerprint density at radius 1 is 1.13 bits per heavy atom. The van der Waals surface area contributed by atoms with Crippen molar-refractivity contribution >= 4 is 17.6 Å². The van der Waals surface area contributed by atoms with Crippen molar-refractivity contribution in [1.82, 2.24) is 0 Å². The van der Waals surface area contributed by atoms with Crippen molar-refractivity contribution in [3.05, 3.63) is 52.5 Å². The Kier molecular flexibility index (Phi) is 6.65. The first-order valence-electron chi connectivity index (χ1n) is 9.94. The maximum absolute atomic E-state index is 12.9. The maximum Gasteiger partial charge on any atom is 0.422 e. The van der Waals surface area contributed by atoms with Crippen LogP contribution in [0.1, 0.15) is 43.7 Å². The predicted octanol–water partition coefficient (Wildman–Crippen LogP) is 6.63. The summed E-state index contributed by atoms with van der Waals surface area (Å²) < 4.78 is 48.8. The third-order valence-electron chi connectivity index (χ3n) is 5.47. The average Bonchev–Trinajstić information content (AvgIpc) is 3.19. The molecule has 0 heterocycles. The van der Waals surface area contributed by atoms with E-state index in [4.69, 9.17) is 21.1 Å². The summed E-state index contributed by atoms with van der Waals surface area (Å²) in [6.07, 6.45) is -1.70. The van der Waals surface area contributed by atoms with E-state index in [-0.39, 0.29) is 23.3 Å². The molecule has 1 fully saturated rings. The van der Waals surface area contributed by atoms with Gasteiger partial charge in [0.2, 0.25) is 0 Å².